The fraction of sp³-hybridized carbons (Fsp3) is 0.875. The number of hydrogen-bond acceptors (Lipinski definition) is 1. The molecular formula is C8H15O. The van der Waals surface area contributed by atoms with Crippen molar-refractivity contribution in [2.45, 2.75) is 38.2 Å². The molecule has 0 aromatic heterocycles. The monoisotopic (exact) mass is 127 g/mol. The van der Waals surface area contributed by atoms with E-state index in [2.05, 4.69) is 13.8 Å². The van der Waals surface area contributed by atoms with Crippen LogP contribution < -0.4 is 0 Å². The van der Waals surface area contributed by atoms with Crippen molar-refractivity contribution in [2.75, 3.05) is 6.61 Å². The molecule has 1 saturated heterocycles. The van der Waals surface area contributed by atoms with Crippen molar-refractivity contribution in [2.24, 2.45) is 0 Å². The zero-order chi connectivity index (χ0) is 6.74. The van der Waals surface area contributed by atoms with Gasteiger partial charge in [-0.05, 0) is 25.7 Å². The van der Waals surface area contributed by atoms with Crippen LogP contribution in [-0.2, 0) is 4.74 Å². The summed E-state index contributed by atoms with van der Waals surface area (Å²) >= 11 is 0. The second kappa shape index (κ2) is 2.70. The smallest absolute Gasteiger partial charge is 0.0680 e. The van der Waals surface area contributed by atoms with Crippen LogP contribution in [0.5, 0.6) is 0 Å². The molecule has 9 heavy (non-hydrogen) atoms. The van der Waals surface area contributed by atoms with Gasteiger partial charge < -0.3 is 4.74 Å². The molecule has 1 heteroatoms. The summed E-state index contributed by atoms with van der Waals surface area (Å²) in [5.41, 5.74) is 0.167. The van der Waals surface area contributed by atoms with E-state index >= 15 is 0 Å². The molecule has 1 rings (SSSR count). The highest BCUT2D eigenvalue weighted by Crippen LogP contribution is 2.31. The minimum Gasteiger partial charge on any atom is -0.375 e. The third kappa shape index (κ3) is 1.26. The first-order valence-electron chi connectivity index (χ1n) is 3.76. The molecule has 1 atom stereocenters. The lowest BCUT2D eigenvalue weighted by Gasteiger charge is -2.24. The zero-order valence-corrected chi connectivity index (χ0v) is 6.15. The van der Waals surface area contributed by atoms with Crippen LogP contribution in [0.2, 0.25) is 0 Å². The van der Waals surface area contributed by atoms with Crippen molar-refractivity contribution in [1.29, 1.82) is 0 Å². The highest BCUT2D eigenvalue weighted by Gasteiger charge is 2.30. The predicted molar refractivity (Wildman–Crippen MR) is 38.2 cm³/mol. The van der Waals surface area contributed by atoms with E-state index in [0.717, 1.165) is 19.4 Å². The summed E-state index contributed by atoms with van der Waals surface area (Å²) in [4.78, 5) is 0. The van der Waals surface area contributed by atoms with Crippen molar-refractivity contribution < 1.29 is 4.74 Å². The van der Waals surface area contributed by atoms with E-state index in [9.17, 15) is 0 Å². The summed E-state index contributed by atoms with van der Waals surface area (Å²) in [6, 6.07) is 0. The van der Waals surface area contributed by atoms with E-state index in [0.29, 0.717) is 0 Å². The van der Waals surface area contributed by atoms with Crippen LogP contribution in [0.15, 0.2) is 0 Å². The maximum Gasteiger partial charge on any atom is 0.0680 e. The molecule has 1 aliphatic rings. The molecule has 1 fully saturated rings. The lowest BCUT2D eigenvalue weighted by atomic mass is 9.94. The molecule has 0 aliphatic carbocycles. The van der Waals surface area contributed by atoms with Gasteiger partial charge in [-0.25, -0.2) is 0 Å². The van der Waals surface area contributed by atoms with Gasteiger partial charge in [0.15, 0.2) is 0 Å². The molecule has 0 bridgehead atoms. The number of rotatable bonds is 2. The lowest BCUT2D eigenvalue weighted by molar-refractivity contribution is 0.00310. The van der Waals surface area contributed by atoms with Gasteiger partial charge in [-0.2, -0.15) is 0 Å². The van der Waals surface area contributed by atoms with Crippen molar-refractivity contribution in [1.82, 2.24) is 0 Å². The second-order valence-corrected chi connectivity index (χ2v) is 2.74. The van der Waals surface area contributed by atoms with Crippen LogP contribution in [0.3, 0.4) is 0 Å². The van der Waals surface area contributed by atoms with Gasteiger partial charge in [-0.3, -0.25) is 0 Å². The lowest BCUT2D eigenvalue weighted by Crippen LogP contribution is -2.24. The van der Waals surface area contributed by atoms with Gasteiger partial charge in [-0.15, -0.1) is 0 Å². The molecule has 1 unspecified atom stereocenters. The fourth-order valence-corrected chi connectivity index (χ4v) is 1.41. The van der Waals surface area contributed by atoms with E-state index < -0.39 is 0 Å². The Balaban J connectivity index is 2.45. The minimum atomic E-state index is 0.167. The Hall–Kier alpha value is -0.0400. The third-order valence-electron chi connectivity index (χ3n) is 2.28. The largest absolute Gasteiger partial charge is 0.375 e. The maximum atomic E-state index is 5.58. The molecule has 1 radical (unpaired) electrons. The Morgan fingerprint density at radius 3 is 2.67 bits per heavy atom. The average molecular weight is 127 g/mol. The molecule has 0 aromatic rings. The maximum absolute atomic E-state index is 5.58. The molecule has 53 valence electrons. The average Bonchev–Trinajstić information content (AvgIpc) is 2.36. The fourth-order valence-electron chi connectivity index (χ4n) is 1.41. The Kier molecular flexibility index (Phi) is 2.12. The molecule has 0 saturated carbocycles. The van der Waals surface area contributed by atoms with E-state index in [4.69, 9.17) is 4.74 Å². The summed E-state index contributed by atoms with van der Waals surface area (Å²) in [6.07, 6.45) is 4.50. The second-order valence-electron chi connectivity index (χ2n) is 2.74. The van der Waals surface area contributed by atoms with Gasteiger partial charge in [0.1, 0.15) is 0 Å². The van der Waals surface area contributed by atoms with Crippen LogP contribution in [-0.4, -0.2) is 12.2 Å². The molecule has 1 heterocycles. The molecule has 0 amide bonds. The van der Waals surface area contributed by atoms with Gasteiger partial charge in [0.05, 0.1) is 5.60 Å². The SMILES string of the molecule is [CH2]CC1(CC)CCCO1. The summed E-state index contributed by atoms with van der Waals surface area (Å²) in [5.74, 6) is 0. The summed E-state index contributed by atoms with van der Waals surface area (Å²) in [6.45, 7) is 7.01. The Morgan fingerprint density at radius 1 is 1.67 bits per heavy atom. The number of ether oxygens (including phenoxy) is 1. The summed E-state index contributed by atoms with van der Waals surface area (Å²) < 4.78 is 5.58. The van der Waals surface area contributed by atoms with E-state index in [-0.39, 0.29) is 5.60 Å². The Labute approximate surface area is 57.4 Å². The Bertz CT molecular complexity index is 76.6. The molecule has 1 nitrogen and oxygen atoms in total. The zero-order valence-electron chi connectivity index (χ0n) is 6.15. The highest BCUT2D eigenvalue weighted by molar-refractivity contribution is 4.83. The molecular weight excluding hydrogens is 112 g/mol. The van der Waals surface area contributed by atoms with E-state index in [1.807, 2.05) is 0 Å². The molecule has 0 aromatic carbocycles. The van der Waals surface area contributed by atoms with E-state index in [1.165, 1.54) is 12.8 Å². The van der Waals surface area contributed by atoms with Gasteiger partial charge in [0.2, 0.25) is 0 Å². The van der Waals surface area contributed by atoms with Crippen molar-refractivity contribution in [3.05, 3.63) is 6.92 Å². The van der Waals surface area contributed by atoms with E-state index in [1.54, 1.807) is 0 Å². The van der Waals surface area contributed by atoms with Crippen molar-refractivity contribution >= 4 is 0 Å². The van der Waals surface area contributed by atoms with Crippen molar-refractivity contribution in [3.63, 3.8) is 0 Å². The summed E-state index contributed by atoms with van der Waals surface area (Å²) in [5, 5.41) is 0. The number of hydrogen-bond donors (Lipinski definition) is 0. The quantitative estimate of drug-likeness (QED) is 0.552. The standard InChI is InChI=1S/C8H15O/c1-3-8(4-2)6-5-7-9-8/h1,3-7H2,2H3. The molecule has 1 aliphatic heterocycles. The van der Waals surface area contributed by atoms with Crippen LogP contribution in [0, 0.1) is 6.92 Å². The van der Waals surface area contributed by atoms with Crippen LogP contribution >= 0.6 is 0 Å². The minimum absolute atomic E-state index is 0.167. The first kappa shape index (κ1) is 7.07. The van der Waals surface area contributed by atoms with Crippen molar-refractivity contribution in [3.8, 4) is 0 Å². The molecule has 0 N–H and O–H groups in total. The molecule has 0 spiro atoms. The first-order valence-corrected chi connectivity index (χ1v) is 3.76. The van der Waals surface area contributed by atoms with Gasteiger partial charge in [0.25, 0.3) is 0 Å². The third-order valence-corrected chi connectivity index (χ3v) is 2.28. The normalized spacial score (nSPS) is 24.7. The van der Waals surface area contributed by atoms with Crippen LogP contribution in [0.4, 0.5) is 0 Å². The summed E-state index contributed by atoms with van der Waals surface area (Å²) in [7, 11) is 0. The van der Waals surface area contributed by atoms with Crippen LogP contribution in [0.1, 0.15) is 32.6 Å². The predicted octanol–water partition coefficient (Wildman–Crippen LogP) is 2.17. The van der Waals surface area contributed by atoms with Gasteiger partial charge in [0, 0.05) is 6.61 Å². The topological polar surface area (TPSA) is 9.23 Å². The highest BCUT2D eigenvalue weighted by atomic mass is 16.5. The van der Waals surface area contributed by atoms with Crippen LogP contribution in [0.25, 0.3) is 0 Å². The van der Waals surface area contributed by atoms with Gasteiger partial charge >= 0.3 is 0 Å². The van der Waals surface area contributed by atoms with Gasteiger partial charge in [-0.1, -0.05) is 13.8 Å². The Morgan fingerprint density at radius 2 is 2.44 bits per heavy atom. The first-order chi connectivity index (χ1) is 4.33.